The van der Waals surface area contributed by atoms with Crippen molar-refractivity contribution in [3.63, 3.8) is 0 Å². The van der Waals surface area contributed by atoms with Crippen LogP contribution in [0.4, 0.5) is 0 Å². The fourth-order valence-electron chi connectivity index (χ4n) is 1.51. The van der Waals surface area contributed by atoms with Gasteiger partial charge in [-0.15, -0.1) is 0 Å². The Kier molecular flexibility index (Phi) is 6.79. The van der Waals surface area contributed by atoms with Gasteiger partial charge in [0.05, 0.1) is 12.8 Å². The number of benzene rings is 1. The SMILES string of the molecule is Cc1ccccc1C(C)(C)N.O=C(O)CCC(=O)O. The standard InChI is InChI=1S/C10H15N.C4H6O4/c1-8-6-4-5-7-9(8)10(2,3)11;5-3(6)1-2-4(7)8/h4-7H,11H2,1-3H3;1-2H2,(H,5,6)(H,7,8). The number of aryl methyl sites for hydroxylation is 1. The lowest BCUT2D eigenvalue weighted by Gasteiger charge is -2.21. The highest BCUT2D eigenvalue weighted by molar-refractivity contribution is 5.75. The maximum atomic E-state index is 9.64. The van der Waals surface area contributed by atoms with Gasteiger partial charge in [-0.3, -0.25) is 9.59 Å². The van der Waals surface area contributed by atoms with Crippen LogP contribution in [0.2, 0.25) is 0 Å². The normalized spacial score (nSPS) is 10.3. The van der Waals surface area contributed by atoms with Gasteiger partial charge >= 0.3 is 11.9 Å². The molecule has 19 heavy (non-hydrogen) atoms. The van der Waals surface area contributed by atoms with Crippen LogP contribution in [0.1, 0.15) is 37.8 Å². The zero-order chi connectivity index (χ0) is 15.1. The Morgan fingerprint density at radius 1 is 1.11 bits per heavy atom. The maximum Gasteiger partial charge on any atom is 0.303 e. The third kappa shape index (κ3) is 7.94. The minimum atomic E-state index is -1.08. The van der Waals surface area contributed by atoms with Gasteiger partial charge in [-0.05, 0) is 31.9 Å². The lowest BCUT2D eigenvalue weighted by Crippen LogP contribution is -2.29. The molecule has 0 bridgehead atoms. The van der Waals surface area contributed by atoms with Crippen LogP contribution in [-0.2, 0) is 15.1 Å². The number of nitrogens with two attached hydrogens (primary N) is 1. The number of hydrogen-bond acceptors (Lipinski definition) is 3. The van der Waals surface area contributed by atoms with Crippen molar-refractivity contribution in [1.29, 1.82) is 0 Å². The van der Waals surface area contributed by atoms with Crippen LogP contribution in [0.15, 0.2) is 24.3 Å². The molecular formula is C14H21NO4. The summed E-state index contributed by atoms with van der Waals surface area (Å²) in [6, 6.07) is 8.22. The molecule has 1 aromatic rings. The Bertz CT molecular complexity index is 421. The smallest absolute Gasteiger partial charge is 0.303 e. The summed E-state index contributed by atoms with van der Waals surface area (Å²) < 4.78 is 0. The minimum Gasteiger partial charge on any atom is -0.481 e. The monoisotopic (exact) mass is 267 g/mol. The predicted octanol–water partition coefficient (Wildman–Crippen LogP) is 2.12. The van der Waals surface area contributed by atoms with Crippen molar-refractivity contribution in [1.82, 2.24) is 0 Å². The molecular weight excluding hydrogens is 246 g/mol. The van der Waals surface area contributed by atoms with Crippen LogP contribution in [0.5, 0.6) is 0 Å². The van der Waals surface area contributed by atoms with E-state index >= 15 is 0 Å². The quantitative estimate of drug-likeness (QED) is 0.775. The van der Waals surface area contributed by atoms with Gasteiger partial charge in [0.25, 0.3) is 0 Å². The summed E-state index contributed by atoms with van der Waals surface area (Å²) >= 11 is 0. The topological polar surface area (TPSA) is 101 Å². The minimum absolute atomic E-state index is 0.217. The molecule has 0 unspecified atom stereocenters. The van der Waals surface area contributed by atoms with Crippen LogP contribution in [-0.4, -0.2) is 22.2 Å². The first-order chi connectivity index (χ1) is 8.64. The molecule has 0 saturated heterocycles. The molecule has 0 saturated carbocycles. The van der Waals surface area contributed by atoms with Crippen molar-refractivity contribution in [2.45, 2.75) is 39.2 Å². The number of aliphatic carboxylic acids is 2. The van der Waals surface area contributed by atoms with E-state index in [1.807, 2.05) is 26.0 Å². The fourth-order valence-corrected chi connectivity index (χ4v) is 1.51. The number of carbonyl (C=O) groups is 2. The van der Waals surface area contributed by atoms with E-state index in [4.69, 9.17) is 15.9 Å². The summed E-state index contributed by atoms with van der Waals surface area (Å²) in [5, 5.41) is 15.8. The van der Waals surface area contributed by atoms with Gasteiger partial charge in [-0.25, -0.2) is 0 Å². The molecule has 1 aromatic carbocycles. The molecule has 0 heterocycles. The average molecular weight is 267 g/mol. The Balaban J connectivity index is 0.000000362. The van der Waals surface area contributed by atoms with Crippen molar-refractivity contribution >= 4 is 11.9 Å². The second kappa shape index (κ2) is 7.53. The number of rotatable bonds is 4. The van der Waals surface area contributed by atoms with Crippen LogP contribution in [0.25, 0.3) is 0 Å². The highest BCUT2D eigenvalue weighted by Crippen LogP contribution is 2.19. The molecule has 5 heteroatoms. The van der Waals surface area contributed by atoms with E-state index in [1.165, 1.54) is 11.1 Å². The highest BCUT2D eigenvalue weighted by Gasteiger charge is 2.14. The molecule has 0 aliphatic carbocycles. The van der Waals surface area contributed by atoms with Gasteiger partial charge in [-0.2, -0.15) is 0 Å². The van der Waals surface area contributed by atoms with Gasteiger partial charge < -0.3 is 15.9 Å². The third-order valence-corrected chi connectivity index (χ3v) is 2.39. The number of carboxylic acid groups (broad SMARTS) is 2. The van der Waals surface area contributed by atoms with Gasteiger partial charge in [0, 0.05) is 5.54 Å². The molecule has 5 nitrogen and oxygen atoms in total. The van der Waals surface area contributed by atoms with Crippen molar-refractivity contribution in [2.75, 3.05) is 0 Å². The lowest BCUT2D eigenvalue weighted by molar-refractivity contribution is -0.143. The molecule has 0 amide bonds. The number of hydrogen-bond donors (Lipinski definition) is 3. The van der Waals surface area contributed by atoms with E-state index in [0.717, 1.165) is 0 Å². The molecule has 1 rings (SSSR count). The molecule has 0 radical (unpaired) electrons. The van der Waals surface area contributed by atoms with Crippen LogP contribution in [0.3, 0.4) is 0 Å². The molecule has 0 aliphatic rings. The summed E-state index contributed by atoms with van der Waals surface area (Å²) in [5.41, 5.74) is 8.23. The van der Waals surface area contributed by atoms with Gasteiger partial charge in [-0.1, -0.05) is 24.3 Å². The largest absolute Gasteiger partial charge is 0.481 e. The second-order valence-corrected chi connectivity index (χ2v) is 4.82. The predicted molar refractivity (Wildman–Crippen MR) is 72.9 cm³/mol. The molecule has 0 fully saturated rings. The molecule has 0 aromatic heterocycles. The first-order valence-corrected chi connectivity index (χ1v) is 5.93. The molecule has 0 atom stereocenters. The van der Waals surface area contributed by atoms with E-state index in [0.29, 0.717) is 0 Å². The van der Waals surface area contributed by atoms with E-state index < -0.39 is 11.9 Å². The van der Waals surface area contributed by atoms with Gasteiger partial charge in [0.1, 0.15) is 0 Å². The van der Waals surface area contributed by atoms with Crippen molar-refractivity contribution in [3.8, 4) is 0 Å². The summed E-state index contributed by atoms with van der Waals surface area (Å²) in [6.07, 6.45) is -0.593. The Morgan fingerprint density at radius 2 is 1.53 bits per heavy atom. The summed E-state index contributed by atoms with van der Waals surface area (Å²) in [5.74, 6) is -2.15. The third-order valence-electron chi connectivity index (χ3n) is 2.39. The zero-order valence-electron chi connectivity index (χ0n) is 11.5. The van der Waals surface area contributed by atoms with Crippen LogP contribution < -0.4 is 5.73 Å². The second-order valence-electron chi connectivity index (χ2n) is 4.82. The molecule has 0 aliphatic heterocycles. The molecule has 0 spiro atoms. The van der Waals surface area contributed by atoms with Gasteiger partial charge in [0.2, 0.25) is 0 Å². The van der Waals surface area contributed by atoms with E-state index in [9.17, 15) is 9.59 Å². The van der Waals surface area contributed by atoms with E-state index in [2.05, 4.69) is 19.1 Å². The van der Waals surface area contributed by atoms with Crippen LogP contribution >= 0.6 is 0 Å². The van der Waals surface area contributed by atoms with E-state index in [-0.39, 0.29) is 18.4 Å². The fraction of sp³-hybridized carbons (Fsp3) is 0.429. The highest BCUT2D eigenvalue weighted by atomic mass is 16.4. The lowest BCUT2D eigenvalue weighted by atomic mass is 9.92. The zero-order valence-corrected chi connectivity index (χ0v) is 11.5. The van der Waals surface area contributed by atoms with Crippen molar-refractivity contribution < 1.29 is 19.8 Å². The average Bonchev–Trinajstić information content (AvgIpc) is 2.26. The molecule has 106 valence electrons. The van der Waals surface area contributed by atoms with Crippen molar-refractivity contribution in [2.24, 2.45) is 5.73 Å². The summed E-state index contributed by atoms with van der Waals surface area (Å²) in [7, 11) is 0. The Morgan fingerprint density at radius 3 is 1.79 bits per heavy atom. The van der Waals surface area contributed by atoms with Crippen LogP contribution in [0, 0.1) is 6.92 Å². The van der Waals surface area contributed by atoms with E-state index in [1.54, 1.807) is 0 Å². The maximum absolute atomic E-state index is 9.64. The first-order valence-electron chi connectivity index (χ1n) is 5.93. The molecule has 4 N–H and O–H groups in total. The summed E-state index contributed by atoms with van der Waals surface area (Å²) in [6.45, 7) is 6.13. The van der Waals surface area contributed by atoms with Gasteiger partial charge in [0.15, 0.2) is 0 Å². The Hall–Kier alpha value is -1.88. The van der Waals surface area contributed by atoms with Crippen molar-refractivity contribution in [3.05, 3.63) is 35.4 Å². The first kappa shape index (κ1) is 17.1. The summed E-state index contributed by atoms with van der Waals surface area (Å²) in [4.78, 5) is 19.3. The number of carboxylic acids is 2. The Labute approximate surface area is 113 Å².